The molecule has 0 fully saturated rings. The van der Waals surface area contributed by atoms with Crippen LogP contribution in [0.25, 0.3) is 0 Å². The Hall–Kier alpha value is -4.40. The van der Waals surface area contributed by atoms with Gasteiger partial charge in [0.1, 0.15) is 0 Å². The van der Waals surface area contributed by atoms with Gasteiger partial charge in [-0.05, 0) is 53.9 Å². The Morgan fingerprint density at radius 2 is 1.69 bits per heavy atom. The first kappa shape index (κ1) is 23.7. The number of methoxy groups -OCH3 is 2. The number of carbonyl (C=O) groups is 2. The molecule has 9 nitrogen and oxygen atoms in total. The summed E-state index contributed by atoms with van der Waals surface area (Å²) in [6.45, 7) is 0.813. The van der Waals surface area contributed by atoms with Gasteiger partial charge < -0.3 is 20.1 Å². The predicted molar refractivity (Wildman–Crippen MR) is 132 cm³/mol. The maximum atomic E-state index is 12.6. The van der Waals surface area contributed by atoms with Crippen LogP contribution in [0.2, 0.25) is 0 Å². The van der Waals surface area contributed by atoms with Gasteiger partial charge in [0.2, 0.25) is 0 Å². The molecule has 35 heavy (non-hydrogen) atoms. The van der Waals surface area contributed by atoms with Gasteiger partial charge in [-0.3, -0.25) is 9.78 Å². The van der Waals surface area contributed by atoms with E-state index >= 15 is 0 Å². The molecule has 0 saturated heterocycles. The van der Waals surface area contributed by atoms with Crippen molar-refractivity contribution in [1.82, 2.24) is 20.6 Å². The molecular formula is C26H27N5O4. The molecule has 0 saturated carbocycles. The van der Waals surface area contributed by atoms with Gasteiger partial charge in [-0.1, -0.05) is 12.1 Å². The number of nitrogens with one attached hydrogen (secondary N) is 2. The zero-order valence-corrected chi connectivity index (χ0v) is 19.9. The summed E-state index contributed by atoms with van der Waals surface area (Å²) < 4.78 is 11.0. The van der Waals surface area contributed by atoms with Gasteiger partial charge in [-0.25, -0.2) is 9.80 Å². The number of hydrogen-bond donors (Lipinski definition) is 2. The quantitative estimate of drug-likeness (QED) is 0.573. The Bertz CT molecular complexity index is 1240. The molecule has 1 aromatic heterocycles. The van der Waals surface area contributed by atoms with E-state index in [1.54, 1.807) is 45.8 Å². The van der Waals surface area contributed by atoms with Crippen molar-refractivity contribution in [3.8, 4) is 11.5 Å². The molecule has 2 N–H and O–H groups in total. The highest BCUT2D eigenvalue weighted by molar-refractivity contribution is 6.14. The van der Waals surface area contributed by atoms with Gasteiger partial charge in [0.05, 0.1) is 26.5 Å². The molecule has 0 radical (unpaired) electrons. The van der Waals surface area contributed by atoms with Crippen molar-refractivity contribution in [2.75, 3.05) is 27.8 Å². The van der Waals surface area contributed by atoms with Crippen LogP contribution in [0.4, 0.5) is 4.79 Å². The van der Waals surface area contributed by atoms with E-state index in [0.29, 0.717) is 42.3 Å². The summed E-state index contributed by atoms with van der Waals surface area (Å²) >= 11 is 0. The maximum absolute atomic E-state index is 12.6. The second-order valence-electron chi connectivity index (χ2n) is 7.86. The predicted octanol–water partition coefficient (Wildman–Crippen LogP) is 2.98. The van der Waals surface area contributed by atoms with E-state index < -0.39 is 0 Å². The van der Waals surface area contributed by atoms with Crippen LogP contribution in [0, 0.1) is 0 Å². The summed E-state index contributed by atoms with van der Waals surface area (Å²) in [6, 6.07) is 14.3. The summed E-state index contributed by atoms with van der Waals surface area (Å²) in [5.74, 6) is 0.995. The lowest BCUT2D eigenvalue weighted by Gasteiger charge is -2.16. The van der Waals surface area contributed by atoms with Crippen LogP contribution in [0.5, 0.6) is 11.5 Å². The van der Waals surface area contributed by atoms with Gasteiger partial charge in [0, 0.05) is 42.7 Å². The highest BCUT2D eigenvalue weighted by Crippen LogP contribution is 2.33. The average molecular weight is 474 g/mol. The Balaban J connectivity index is 1.66. The SMILES string of the molecule is CNC(=O)N1CCc2cc(OC)c(OC)cc2C(c2ccc(C(=O)NCc3ccncc3)cc2)=N1. The molecule has 0 unspecified atom stereocenters. The van der Waals surface area contributed by atoms with E-state index in [4.69, 9.17) is 9.47 Å². The minimum absolute atomic E-state index is 0.185. The molecule has 0 atom stereocenters. The highest BCUT2D eigenvalue weighted by Gasteiger charge is 2.24. The number of pyridine rings is 1. The number of urea groups is 1. The summed E-state index contributed by atoms with van der Waals surface area (Å²) in [6.07, 6.45) is 3.97. The number of hydrazone groups is 1. The lowest BCUT2D eigenvalue weighted by atomic mass is 9.95. The standard InChI is InChI=1S/C26H27N5O4/c1-27-26(33)31-13-10-20-14-22(34-2)23(35-3)15-21(20)24(30-31)18-4-6-19(7-5-18)25(32)29-16-17-8-11-28-12-9-17/h4-9,11-12,14-15H,10,13,16H2,1-3H3,(H,27,33)(H,29,32). The highest BCUT2D eigenvalue weighted by atomic mass is 16.5. The number of amides is 3. The molecule has 0 spiro atoms. The van der Waals surface area contributed by atoms with Crippen molar-refractivity contribution in [2.45, 2.75) is 13.0 Å². The molecule has 0 bridgehead atoms. The third-order valence-electron chi connectivity index (χ3n) is 5.75. The van der Waals surface area contributed by atoms with Gasteiger partial charge >= 0.3 is 6.03 Å². The van der Waals surface area contributed by atoms with Crippen molar-refractivity contribution in [1.29, 1.82) is 0 Å². The minimum atomic E-state index is -0.304. The Morgan fingerprint density at radius 1 is 1.00 bits per heavy atom. The largest absolute Gasteiger partial charge is 0.493 e. The number of benzene rings is 2. The van der Waals surface area contributed by atoms with E-state index in [1.807, 2.05) is 36.4 Å². The molecule has 1 aliphatic heterocycles. The second kappa shape index (κ2) is 10.7. The van der Waals surface area contributed by atoms with Crippen molar-refractivity contribution in [2.24, 2.45) is 5.10 Å². The summed E-state index contributed by atoms with van der Waals surface area (Å²) in [4.78, 5) is 29.1. The van der Waals surface area contributed by atoms with Crippen LogP contribution in [-0.4, -0.2) is 55.5 Å². The number of ether oxygens (including phenoxy) is 2. The molecule has 9 heteroatoms. The van der Waals surface area contributed by atoms with Gasteiger partial charge in [0.15, 0.2) is 11.5 Å². The monoisotopic (exact) mass is 473 g/mol. The molecule has 3 amide bonds. The summed E-state index contributed by atoms with van der Waals surface area (Å²) in [5.41, 5.74) is 4.67. The Labute approximate surface area is 203 Å². The third kappa shape index (κ3) is 5.24. The van der Waals surface area contributed by atoms with Gasteiger partial charge in [-0.15, -0.1) is 0 Å². The number of nitrogens with zero attached hydrogens (tertiary/aromatic N) is 3. The fraction of sp³-hybridized carbons (Fsp3) is 0.231. The fourth-order valence-electron chi connectivity index (χ4n) is 3.85. The first-order valence-electron chi connectivity index (χ1n) is 11.1. The molecule has 0 aliphatic carbocycles. The third-order valence-corrected chi connectivity index (χ3v) is 5.75. The first-order valence-corrected chi connectivity index (χ1v) is 11.1. The smallest absolute Gasteiger partial charge is 0.337 e. The minimum Gasteiger partial charge on any atom is -0.493 e. The molecule has 2 aromatic carbocycles. The number of hydrogen-bond acceptors (Lipinski definition) is 6. The van der Waals surface area contributed by atoms with Crippen LogP contribution in [0.3, 0.4) is 0 Å². The number of carbonyl (C=O) groups excluding carboxylic acids is 2. The lowest BCUT2D eigenvalue weighted by Crippen LogP contribution is -2.35. The van der Waals surface area contributed by atoms with E-state index in [2.05, 4.69) is 20.7 Å². The van der Waals surface area contributed by atoms with Crippen LogP contribution in [0.1, 0.15) is 32.6 Å². The van der Waals surface area contributed by atoms with E-state index in [9.17, 15) is 9.59 Å². The topological polar surface area (TPSA) is 105 Å². The Morgan fingerprint density at radius 3 is 2.34 bits per heavy atom. The molecule has 2 heterocycles. The maximum Gasteiger partial charge on any atom is 0.337 e. The van der Waals surface area contributed by atoms with E-state index in [-0.39, 0.29) is 11.9 Å². The van der Waals surface area contributed by atoms with Crippen LogP contribution >= 0.6 is 0 Å². The van der Waals surface area contributed by atoms with Crippen LogP contribution in [-0.2, 0) is 13.0 Å². The molecule has 4 rings (SSSR count). The Kier molecular flexibility index (Phi) is 7.25. The zero-order valence-electron chi connectivity index (χ0n) is 19.9. The fourth-order valence-corrected chi connectivity index (χ4v) is 3.85. The summed E-state index contributed by atoms with van der Waals surface area (Å²) in [5, 5.41) is 11.6. The van der Waals surface area contributed by atoms with Crippen molar-refractivity contribution in [3.05, 3.63) is 88.7 Å². The lowest BCUT2D eigenvalue weighted by molar-refractivity contribution is 0.0951. The molecular weight excluding hydrogens is 446 g/mol. The van der Waals surface area contributed by atoms with E-state index in [0.717, 1.165) is 22.3 Å². The first-order chi connectivity index (χ1) is 17.0. The normalized spacial score (nSPS) is 12.7. The number of rotatable bonds is 6. The van der Waals surface area contributed by atoms with Gasteiger partial charge in [0.25, 0.3) is 5.91 Å². The molecule has 3 aromatic rings. The molecule has 180 valence electrons. The van der Waals surface area contributed by atoms with Crippen LogP contribution in [0.15, 0.2) is 66.0 Å². The number of fused-ring (bicyclic) bond motifs is 1. The van der Waals surface area contributed by atoms with Crippen molar-refractivity contribution in [3.63, 3.8) is 0 Å². The van der Waals surface area contributed by atoms with Crippen molar-refractivity contribution >= 4 is 17.6 Å². The number of aromatic nitrogens is 1. The van der Waals surface area contributed by atoms with Gasteiger partial charge in [-0.2, -0.15) is 5.10 Å². The molecule has 1 aliphatic rings. The summed E-state index contributed by atoms with van der Waals surface area (Å²) in [7, 11) is 4.74. The average Bonchev–Trinajstić information content (AvgIpc) is 3.10. The van der Waals surface area contributed by atoms with Crippen molar-refractivity contribution < 1.29 is 19.1 Å². The second-order valence-corrected chi connectivity index (χ2v) is 7.86. The zero-order chi connectivity index (χ0) is 24.8. The van der Waals surface area contributed by atoms with E-state index in [1.165, 1.54) is 5.01 Å². The van der Waals surface area contributed by atoms with Crippen LogP contribution < -0.4 is 20.1 Å².